The molecule has 2 nitrogen and oxygen atoms in total. The second kappa shape index (κ2) is 4.34. The summed E-state index contributed by atoms with van der Waals surface area (Å²) >= 11 is 17.4. The van der Waals surface area contributed by atoms with Crippen LogP contribution >= 0.6 is 35.4 Å². The van der Waals surface area contributed by atoms with Gasteiger partial charge in [0.15, 0.2) is 0 Å². The summed E-state index contributed by atoms with van der Waals surface area (Å²) in [5.74, 6) is 0. The Kier molecular flexibility index (Phi) is 2.93. The van der Waals surface area contributed by atoms with Crippen molar-refractivity contribution in [2.45, 2.75) is 19.3 Å². The van der Waals surface area contributed by atoms with Gasteiger partial charge in [0.1, 0.15) is 4.99 Å². The summed E-state index contributed by atoms with van der Waals surface area (Å²) in [6.45, 7) is 0. The van der Waals surface area contributed by atoms with E-state index in [9.17, 15) is 0 Å². The molecular formula is C13H10Cl2N2S. The van der Waals surface area contributed by atoms with Gasteiger partial charge in [0.2, 0.25) is 0 Å². The van der Waals surface area contributed by atoms with Crippen molar-refractivity contribution in [3.63, 3.8) is 0 Å². The number of rotatable bonds is 1. The molecule has 0 saturated carbocycles. The highest BCUT2D eigenvalue weighted by molar-refractivity contribution is 7.80. The van der Waals surface area contributed by atoms with Crippen molar-refractivity contribution in [3.8, 4) is 0 Å². The lowest BCUT2D eigenvalue weighted by atomic mass is 10.0. The first-order valence-corrected chi connectivity index (χ1v) is 6.85. The maximum Gasteiger partial charge on any atom is 0.105 e. The summed E-state index contributed by atoms with van der Waals surface area (Å²) in [5, 5.41) is 1.88. The van der Waals surface area contributed by atoms with Gasteiger partial charge in [-0.05, 0) is 30.9 Å². The molecule has 1 aromatic carbocycles. The van der Waals surface area contributed by atoms with Crippen LogP contribution in [0.5, 0.6) is 0 Å². The predicted octanol–water partition coefficient (Wildman–Crippen LogP) is 3.66. The lowest BCUT2D eigenvalue weighted by molar-refractivity contribution is 0.901. The summed E-state index contributed by atoms with van der Waals surface area (Å²) in [4.78, 5) is 5.03. The van der Waals surface area contributed by atoms with Crippen LogP contribution in [0.25, 0.3) is 10.9 Å². The number of hydrogen-bond acceptors (Lipinski definition) is 2. The third-order valence-electron chi connectivity index (χ3n) is 3.32. The quantitative estimate of drug-likeness (QED) is 0.816. The van der Waals surface area contributed by atoms with E-state index in [0.717, 1.165) is 35.9 Å². The molecule has 2 N–H and O–H groups in total. The second-order valence-corrected chi connectivity index (χ2v) is 5.61. The molecule has 0 atom stereocenters. The minimum absolute atomic E-state index is 0.402. The van der Waals surface area contributed by atoms with Crippen molar-refractivity contribution in [1.29, 1.82) is 0 Å². The van der Waals surface area contributed by atoms with Crippen LogP contribution in [0.4, 0.5) is 0 Å². The SMILES string of the molecule is NC(=S)c1c2c(nc3c(Cl)c(Cl)ccc13)CCC2. The second-order valence-electron chi connectivity index (χ2n) is 4.39. The van der Waals surface area contributed by atoms with Gasteiger partial charge in [-0.3, -0.25) is 4.98 Å². The predicted molar refractivity (Wildman–Crippen MR) is 79.7 cm³/mol. The molecule has 18 heavy (non-hydrogen) atoms. The van der Waals surface area contributed by atoms with Gasteiger partial charge in [-0.2, -0.15) is 0 Å². The first-order valence-electron chi connectivity index (χ1n) is 5.69. The zero-order valence-corrected chi connectivity index (χ0v) is 11.8. The van der Waals surface area contributed by atoms with Gasteiger partial charge in [-0.15, -0.1) is 0 Å². The van der Waals surface area contributed by atoms with Crippen molar-refractivity contribution in [1.82, 2.24) is 4.98 Å². The molecule has 0 saturated heterocycles. The lowest BCUT2D eigenvalue weighted by Gasteiger charge is -2.12. The zero-order valence-electron chi connectivity index (χ0n) is 9.46. The van der Waals surface area contributed by atoms with E-state index in [1.165, 1.54) is 5.56 Å². The van der Waals surface area contributed by atoms with Gasteiger partial charge in [-0.1, -0.05) is 41.5 Å². The van der Waals surface area contributed by atoms with Crippen molar-refractivity contribution in [3.05, 3.63) is 39.0 Å². The van der Waals surface area contributed by atoms with Crippen LogP contribution < -0.4 is 5.73 Å². The third kappa shape index (κ3) is 1.69. The number of hydrogen-bond donors (Lipinski definition) is 1. The number of pyridine rings is 1. The van der Waals surface area contributed by atoms with Crippen LogP contribution in [0.3, 0.4) is 0 Å². The van der Waals surface area contributed by atoms with Crippen LogP contribution in [0.2, 0.25) is 10.0 Å². The van der Waals surface area contributed by atoms with Gasteiger partial charge < -0.3 is 5.73 Å². The molecule has 0 fully saturated rings. The maximum atomic E-state index is 6.23. The van der Waals surface area contributed by atoms with Gasteiger partial charge in [0, 0.05) is 16.6 Å². The zero-order chi connectivity index (χ0) is 12.9. The molecule has 1 heterocycles. The first kappa shape index (κ1) is 12.2. The van der Waals surface area contributed by atoms with Crippen molar-refractivity contribution < 1.29 is 0 Å². The van der Waals surface area contributed by atoms with Crippen LogP contribution in [-0.4, -0.2) is 9.97 Å². The van der Waals surface area contributed by atoms with E-state index >= 15 is 0 Å². The molecule has 0 aliphatic heterocycles. The summed E-state index contributed by atoms with van der Waals surface area (Å²) in [7, 11) is 0. The van der Waals surface area contributed by atoms with Crippen LogP contribution in [0.1, 0.15) is 23.2 Å². The molecular weight excluding hydrogens is 287 g/mol. The Morgan fingerprint density at radius 2 is 2.06 bits per heavy atom. The number of nitrogens with zero attached hydrogens (tertiary/aromatic N) is 1. The van der Waals surface area contributed by atoms with E-state index in [0.29, 0.717) is 20.6 Å². The molecule has 0 unspecified atom stereocenters. The molecule has 92 valence electrons. The molecule has 0 spiro atoms. The van der Waals surface area contributed by atoms with E-state index in [2.05, 4.69) is 4.98 Å². The Hall–Kier alpha value is -0.900. The standard InChI is InChI=1S/C13H10Cl2N2S/c14-8-5-4-7-10(13(16)18)6-2-1-3-9(6)17-12(7)11(8)15/h4-5H,1-3H2,(H2,16,18). The summed E-state index contributed by atoms with van der Waals surface area (Å²) < 4.78 is 0. The van der Waals surface area contributed by atoms with Gasteiger partial charge in [-0.25, -0.2) is 0 Å². The van der Waals surface area contributed by atoms with Gasteiger partial charge in [0.05, 0.1) is 15.6 Å². The van der Waals surface area contributed by atoms with E-state index in [-0.39, 0.29) is 0 Å². The van der Waals surface area contributed by atoms with Gasteiger partial charge >= 0.3 is 0 Å². The summed E-state index contributed by atoms with van der Waals surface area (Å²) in [6, 6.07) is 3.65. The molecule has 1 aliphatic rings. The van der Waals surface area contributed by atoms with Crippen LogP contribution in [0, 0.1) is 0 Å². The molecule has 5 heteroatoms. The number of aryl methyl sites for hydroxylation is 1. The number of halogens is 2. The molecule has 1 aliphatic carbocycles. The van der Waals surface area contributed by atoms with Crippen LogP contribution in [0.15, 0.2) is 12.1 Å². The molecule has 0 amide bonds. The largest absolute Gasteiger partial charge is 0.389 e. The van der Waals surface area contributed by atoms with E-state index in [4.69, 9.17) is 41.2 Å². The highest BCUT2D eigenvalue weighted by atomic mass is 35.5. The average molecular weight is 297 g/mol. The topological polar surface area (TPSA) is 38.9 Å². The number of nitrogens with two attached hydrogens (primary N) is 1. The number of fused-ring (bicyclic) bond motifs is 2. The smallest absolute Gasteiger partial charge is 0.105 e. The minimum atomic E-state index is 0.402. The normalized spacial score (nSPS) is 13.9. The fraction of sp³-hybridized carbons (Fsp3) is 0.231. The molecule has 3 rings (SSSR count). The van der Waals surface area contributed by atoms with E-state index in [1.54, 1.807) is 6.07 Å². The Bertz CT molecular complexity index is 682. The van der Waals surface area contributed by atoms with E-state index in [1.807, 2.05) is 6.07 Å². The summed E-state index contributed by atoms with van der Waals surface area (Å²) in [5.41, 5.74) is 9.71. The molecule has 0 radical (unpaired) electrons. The Balaban J connectivity index is 2.49. The molecule has 0 bridgehead atoms. The number of aromatic nitrogens is 1. The highest BCUT2D eigenvalue weighted by Crippen LogP contribution is 2.35. The van der Waals surface area contributed by atoms with E-state index < -0.39 is 0 Å². The third-order valence-corrected chi connectivity index (χ3v) is 4.32. The number of thiocarbonyl (C=S) groups is 1. The Labute approximate surface area is 120 Å². The number of benzene rings is 1. The summed E-state index contributed by atoms with van der Waals surface area (Å²) in [6.07, 6.45) is 3.01. The monoisotopic (exact) mass is 296 g/mol. The van der Waals surface area contributed by atoms with Crippen molar-refractivity contribution in [2.24, 2.45) is 5.73 Å². The Morgan fingerprint density at radius 1 is 1.28 bits per heavy atom. The van der Waals surface area contributed by atoms with Crippen molar-refractivity contribution in [2.75, 3.05) is 0 Å². The minimum Gasteiger partial charge on any atom is -0.389 e. The van der Waals surface area contributed by atoms with Gasteiger partial charge in [0.25, 0.3) is 0 Å². The first-order chi connectivity index (χ1) is 8.59. The fourth-order valence-electron chi connectivity index (χ4n) is 2.55. The lowest BCUT2D eigenvalue weighted by Crippen LogP contribution is -2.14. The highest BCUT2D eigenvalue weighted by Gasteiger charge is 2.22. The maximum absolute atomic E-state index is 6.23. The molecule has 2 aromatic rings. The van der Waals surface area contributed by atoms with Crippen LogP contribution in [-0.2, 0) is 12.8 Å². The average Bonchev–Trinajstić information content (AvgIpc) is 2.79. The van der Waals surface area contributed by atoms with Crippen molar-refractivity contribution >= 4 is 51.3 Å². The molecule has 1 aromatic heterocycles. The Morgan fingerprint density at radius 3 is 2.78 bits per heavy atom. The fourth-order valence-corrected chi connectivity index (χ4v) is 3.14.